The number of carbonyl (C=O) groups excluding carboxylic acids is 7. The SMILES string of the molecule is CC(C)(C)OC(=O)N1CCC(N)CC1.CC[C@@H]1C(=O)N(C)c2cnc(Nc3ccc(C(=O)NC4CCN(C(=O)OC(C)(C)C)CC4)cc3OC)nc2N1C1CCCC1.CC[C@@H]1C(=O)N(C)c2cnc(Nc3ccc(C(=O)NC4CCNCC4)cc3OC)nc2N1C1CCCC1.CC[C@@H]1C(=O)N(C)c2cnc(Nc3ccc(C(=O)O)cc3OC)nc2N1C1CCCC1. The smallest absolute Gasteiger partial charge is 0.410 e. The number of amides is 7. The molecule has 7 amide bonds. The van der Waals surface area contributed by atoms with Gasteiger partial charge in [-0.25, -0.2) is 29.3 Å². The van der Waals surface area contributed by atoms with Gasteiger partial charge in [0.2, 0.25) is 35.6 Å². The van der Waals surface area contributed by atoms with E-state index in [9.17, 15) is 43.5 Å². The van der Waals surface area contributed by atoms with E-state index in [1.54, 1.807) is 115 Å². The van der Waals surface area contributed by atoms with Crippen LogP contribution < -0.4 is 81.2 Å². The lowest BCUT2D eigenvalue weighted by molar-refractivity contribution is -0.120. The lowest BCUT2D eigenvalue weighted by atomic mass is 10.0. The number of aromatic carboxylic acids is 1. The van der Waals surface area contributed by atoms with Crippen molar-refractivity contribution in [3.63, 3.8) is 0 Å². The van der Waals surface area contributed by atoms with Gasteiger partial charge in [0.1, 0.15) is 63.6 Å². The Hall–Kier alpha value is -11.6. The molecule has 9 aliphatic rings. The van der Waals surface area contributed by atoms with E-state index in [1.807, 2.05) is 61.5 Å². The quantitative estimate of drug-likeness (QED) is 0.0352. The first-order valence-electron chi connectivity index (χ1n) is 44.7. The van der Waals surface area contributed by atoms with Gasteiger partial charge in [-0.15, -0.1) is 0 Å². The minimum Gasteiger partial charge on any atom is -0.495 e. The van der Waals surface area contributed by atoms with Gasteiger partial charge >= 0.3 is 18.2 Å². The van der Waals surface area contributed by atoms with E-state index in [-0.39, 0.29) is 95.6 Å². The Morgan fingerprint density at radius 2 is 0.754 bits per heavy atom. The minimum absolute atomic E-state index is 0.0475. The van der Waals surface area contributed by atoms with Crippen LogP contribution >= 0.6 is 0 Å². The van der Waals surface area contributed by atoms with E-state index in [4.69, 9.17) is 44.4 Å². The number of nitrogens with two attached hydrogens (primary N) is 1. The molecule has 9 heterocycles. The summed E-state index contributed by atoms with van der Waals surface area (Å²) in [5.41, 5.74) is 9.91. The number of nitrogens with one attached hydrogen (secondary N) is 6. The molecule has 6 aliphatic heterocycles. The summed E-state index contributed by atoms with van der Waals surface area (Å²) in [4.78, 5) is 143. The topological polar surface area (TPSA) is 404 Å². The number of fused-ring (bicyclic) bond motifs is 3. The Labute approximate surface area is 739 Å². The van der Waals surface area contributed by atoms with Gasteiger partial charge in [0, 0.05) is 94.7 Å². The Balaban J connectivity index is 0.000000161. The number of aromatic nitrogens is 6. The van der Waals surface area contributed by atoms with Crippen LogP contribution in [-0.4, -0.2) is 240 Å². The number of likely N-dealkylation sites (tertiary alicyclic amines) is 2. The van der Waals surface area contributed by atoms with Crippen LogP contribution in [0.1, 0.15) is 228 Å². The van der Waals surface area contributed by atoms with Gasteiger partial charge in [-0.1, -0.05) is 59.3 Å². The van der Waals surface area contributed by atoms with E-state index >= 15 is 0 Å². The van der Waals surface area contributed by atoms with Gasteiger partial charge in [-0.05, 0) is 206 Å². The van der Waals surface area contributed by atoms with Gasteiger partial charge < -0.3 is 106 Å². The summed E-state index contributed by atoms with van der Waals surface area (Å²) in [6.45, 7) is 21.6. The summed E-state index contributed by atoms with van der Waals surface area (Å²) in [6.07, 6.45) is 24.8. The molecule has 6 fully saturated rings. The zero-order valence-electron chi connectivity index (χ0n) is 75.8. The van der Waals surface area contributed by atoms with E-state index in [0.717, 1.165) is 146 Å². The molecule has 15 rings (SSSR count). The van der Waals surface area contributed by atoms with Gasteiger partial charge in [-0.2, -0.15) is 15.0 Å². The largest absolute Gasteiger partial charge is 0.495 e. The Bertz CT molecular complexity index is 4830. The van der Waals surface area contributed by atoms with Crippen molar-refractivity contribution in [2.75, 3.05) is 127 Å². The number of nitrogens with zero attached hydrogens (tertiary/aromatic N) is 14. The third kappa shape index (κ3) is 22.4. The summed E-state index contributed by atoms with van der Waals surface area (Å²) in [7, 11) is 9.95. The number of benzene rings is 3. The molecule has 682 valence electrons. The van der Waals surface area contributed by atoms with Gasteiger partial charge in [0.15, 0.2) is 17.5 Å². The summed E-state index contributed by atoms with van der Waals surface area (Å²) in [5.74, 6) is 3.74. The van der Waals surface area contributed by atoms with Crippen molar-refractivity contribution in [3.8, 4) is 17.2 Å². The maximum atomic E-state index is 13.2. The molecule has 6 aromatic rings. The summed E-state index contributed by atoms with van der Waals surface area (Å²) in [6, 6.07) is 15.6. The lowest BCUT2D eigenvalue weighted by Gasteiger charge is -2.43. The first-order chi connectivity index (χ1) is 60.3. The van der Waals surface area contributed by atoms with Crippen LogP contribution in [0.3, 0.4) is 0 Å². The first kappa shape index (κ1) is 93.5. The fourth-order valence-electron chi connectivity index (χ4n) is 17.9. The number of piperidine rings is 3. The Morgan fingerprint density at radius 3 is 1.06 bits per heavy atom. The zero-order valence-corrected chi connectivity index (χ0v) is 75.8. The van der Waals surface area contributed by atoms with Crippen molar-refractivity contribution in [3.05, 3.63) is 89.9 Å². The second kappa shape index (κ2) is 41.7. The molecular formula is C91H129N21O14. The summed E-state index contributed by atoms with van der Waals surface area (Å²) in [5, 5.41) is 28.4. The zero-order chi connectivity index (χ0) is 90.4. The summed E-state index contributed by atoms with van der Waals surface area (Å²) < 4.78 is 27.3. The fraction of sp³-hybridized carbons (Fsp3) is 0.582. The predicted octanol–water partition coefficient (Wildman–Crippen LogP) is 12.9. The normalized spacial score (nSPS) is 19.7. The molecule has 3 aliphatic carbocycles. The molecular weight excluding hydrogens is 1610 g/mol. The number of hydrogen-bond acceptors (Lipinski definition) is 27. The van der Waals surface area contributed by atoms with Crippen molar-refractivity contribution in [2.24, 2.45) is 5.73 Å². The molecule has 3 saturated carbocycles. The van der Waals surface area contributed by atoms with Crippen LogP contribution in [-0.2, 0) is 23.9 Å². The molecule has 0 spiro atoms. The highest BCUT2D eigenvalue weighted by Gasteiger charge is 2.45. The molecule has 9 N–H and O–H groups in total. The number of rotatable bonds is 20. The van der Waals surface area contributed by atoms with Crippen LogP contribution in [0.5, 0.6) is 17.2 Å². The molecule has 3 atom stereocenters. The van der Waals surface area contributed by atoms with Crippen LogP contribution in [0.4, 0.5) is 79.0 Å². The van der Waals surface area contributed by atoms with Crippen molar-refractivity contribution >= 4 is 117 Å². The predicted molar refractivity (Wildman–Crippen MR) is 485 cm³/mol. The molecule has 0 bridgehead atoms. The number of methoxy groups -OCH3 is 3. The maximum Gasteiger partial charge on any atom is 0.410 e. The van der Waals surface area contributed by atoms with Gasteiger partial charge in [-0.3, -0.25) is 24.0 Å². The number of likely N-dealkylation sites (N-methyl/N-ethyl adjacent to an activating group) is 3. The van der Waals surface area contributed by atoms with Crippen LogP contribution in [0, 0.1) is 0 Å². The van der Waals surface area contributed by atoms with E-state index in [0.29, 0.717) is 119 Å². The number of anilines is 12. The van der Waals surface area contributed by atoms with Crippen molar-refractivity contribution < 1.29 is 67.1 Å². The second-order valence-corrected chi connectivity index (χ2v) is 35.7. The Kier molecular flexibility index (Phi) is 30.9. The number of carboxylic acid groups (broad SMARTS) is 1. The lowest BCUT2D eigenvalue weighted by Crippen LogP contribution is -2.55. The van der Waals surface area contributed by atoms with Crippen LogP contribution in [0.15, 0.2) is 73.2 Å². The number of carbonyl (C=O) groups is 8. The molecule has 126 heavy (non-hydrogen) atoms. The molecule has 0 radical (unpaired) electrons. The average molecular weight is 1740 g/mol. The molecule has 35 nitrogen and oxygen atoms in total. The van der Waals surface area contributed by atoms with Gasteiger partial charge in [0.05, 0.1) is 62.5 Å². The standard InChI is InChI=1S/C32H45N7O5.C27H37N7O3.C22H27N5O4.C10H20N2O2/c1-7-24-29(41)37(5)25-19-33-30(36-27(25)39(24)22-10-8-9-11-22)35-23-13-12-20(18-26(23)43-6)28(40)34-21-14-16-38(17-15-21)31(42)44-32(2,3)4;1-4-21-26(36)33(2)22-16-29-27(32-24(22)34(21)19-7-5-6-8-19)31-20-10-9-17(15-23(20)37-3)25(35)30-18-11-13-28-14-12-18;1-4-16-20(28)26(2)17-12-23-22(25-19(17)27(16)14-7-5-6-8-14)24-15-10-9-13(21(29)30)11-18(15)31-3;1-10(2,3)14-9(13)12-6-4-8(11)5-7-12/h12-13,18-19,21-22,24H,7-11,14-17H2,1-6H3,(H,34,40)(H,33,35,36);9-10,15-16,18-19,21,28H,4-8,11-14H2,1-3H3,(H,30,35)(H,29,31,32);9-12,14,16H,4-8H2,1-3H3,(H,29,30)(H,23,24,25);8H,4-7,11H2,1-3H3/t24-;21-;16-;/m111./s1. The highest BCUT2D eigenvalue weighted by Crippen LogP contribution is 2.45. The van der Waals surface area contributed by atoms with Crippen molar-refractivity contribution in [1.29, 1.82) is 0 Å². The minimum atomic E-state index is -1.03. The Morgan fingerprint density at radius 1 is 0.452 bits per heavy atom. The third-order valence-electron chi connectivity index (χ3n) is 24.7. The molecule has 35 heteroatoms. The molecule has 3 aromatic heterocycles. The number of carboxylic acids is 1. The van der Waals surface area contributed by atoms with E-state index in [2.05, 4.69) is 68.5 Å². The third-order valence-corrected chi connectivity index (χ3v) is 24.7. The van der Waals surface area contributed by atoms with Crippen molar-refractivity contribution in [2.45, 2.75) is 263 Å². The van der Waals surface area contributed by atoms with Crippen LogP contribution in [0.25, 0.3) is 0 Å². The molecule has 3 saturated heterocycles. The monoisotopic (exact) mass is 1740 g/mol. The second-order valence-electron chi connectivity index (χ2n) is 35.7. The molecule has 3 aromatic carbocycles. The van der Waals surface area contributed by atoms with Crippen LogP contribution in [0.2, 0.25) is 0 Å². The fourth-order valence-corrected chi connectivity index (χ4v) is 17.9. The van der Waals surface area contributed by atoms with Crippen molar-refractivity contribution in [1.82, 2.24) is 55.7 Å². The highest BCUT2D eigenvalue weighted by molar-refractivity contribution is 6.07. The highest BCUT2D eigenvalue weighted by atomic mass is 16.6. The van der Waals surface area contributed by atoms with E-state index in [1.165, 1.54) is 32.1 Å². The maximum absolute atomic E-state index is 13.2. The van der Waals surface area contributed by atoms with Gasteiger partial charge in [0.25, 0.3) is 11.8 Å². The molecule has 0 unspecified atom stereocenters. The number of ether oxygens (including phenoxy) is 5. The van der Waals surface area contributed by atoms with E-state index < -0.39 is 17.2 Å². The summed E-state index contributed by atoms with van der Waals surface area (Å²) >= 11 is 0. The number of hydrogen-bond donors (Lipinski definition) is 8. The first-order valence-corrected chi connectivity index (χ1v) is 44.7. The average Bonchev–Trinajstić information content (AvgIpc) is 1.14.